The van der Waals surface area contributed by atoms with Gasteiger partial charge < -0.3 is 19.5 Å². The first kappa shape index (κ1) is 20.4. The predicted octanol–water partition coefficient (Wildman–Crippen LogP) is 3.95. The summed E-state index contributed by atoms with van der Waals surface area (Å²) in [5, 5.41) is 11.5. The smallest absolute Gasteiger partial charge is 0.295 e. The summed E-state index contributed by atoms with van der Waals surface area (Å²) in [4.78, 5) is 27.4. The maximum atomic E-state index is 13.0. The summed E-state index contributed by atoms with van der Waals surface area (Å²) in [6.45, 7) is 0.920. The van der Waals surface area contributed by atoms with Crippen LogP contribution in [0.15, 0.2) is 54.1 Å². The number of hydrogen-bond donors (Lipinski definition) is 1. The Hall–Kier alpha value is -2.83. The average molecular weight is 428 g/mol. The molecule has 0 bridgehead atoms. The minimum absolute atomic E-state index is 0.0467. The number of nitrogens with zero attached hydrogens (tertiary/aromatic N) is 1. The van der Waals surface area contributed by atoms with Gasteiger partial charge in [0, 0.05) is 23.7 Å². The molecule has 1 N–H and O–H groups in total. The van der Waals surface area contributed by atoms with Crippen LogP contribution in [-0.2, 0) is 14.3 Å². The second-order valence-electron chi connectivity index (χ2n) is 7.37. The molecule has 2 saturated heterocycles. The van der Waals surface area contributed by atoms with Crippen molar-refractivity contribution in [1.82, 2.24) is 4.90 Å². The van der Waals surface area contributed by atoms with Crippen molar-refractivity contribution in [2.45, 2.75) is 25.0 Å². The number of Topliss-reactive ketones (excluding diaryl/α,β-unsaturated/α-hetero) is 1. The fourth-order valence-corrected chi connectivity index (χ4v) is 4.20. The van der Waals surface area contributed by atoms with E-state index in [2.05, 4.69) is 0 Å². The van der Waals surface area contributed by atoms with Gasteiger partial charge in [0.05, 0.1) is 24.8 Å². The number of rotatable bonds is 5. The highest BCUT2D eigenvalue weighted by atomic mass is 35.5. The van der Waals surface area contributed by atoms with Crippen LogP contribution in [0.3, 0.4) is 0 Å². The Labute approximate surface area is 179 Å². The lowest BCUT2D eigenvalue weighted by Gasteiger charge is -2.27. The zero-order chi connectivity index (χ0) is 21.3. The summed E-state index contributed by atoms with van der Waals surface area (Å²) in [6, 6.07) is 12.9. The number of ketones is 1. The summed E-state index contributed by atoms with van der Waals surface area (Å²) < 4.78 is 10.8. The van der Waals surface area contributed by atoms with Gasteiger partial charge in [0.25, 0.3) is 11.7 Å². The first-order chi connectivity index (χ1) is 14.5. The largest absolute Gasteiger partial charge is 0.507 e. The zero-order valence-electron chi connectivity index (χ0n) is 16.5. The lowest BCUT2D eigenvalue weighted by Crippen LogP contribution is -2.36. The van der Waals surface area contributed by atoms with Crippen molar-refractivity contribution >= 4 is 29.1 Å². The maximum Gasteiger partial charge on any atom is 0.295 e. The SMILES string of the molecule is COc1ccc(/C(O)=C2/C(=O)C(=O)N(CC3CCCO3)C2c2cccc(Cl)c2)cc1. The van der Waals surface area contributed by atoms with Gasteiger partial charge in [-0.3, -0.25) is 9.59 Å². The van der Waals surface area contributed by atoms with Crippen molar-refractivity contribution in [3.8, 4) is 5.75 Å². The minimum Gasteiger partial charge on any atom is -0.507 e. The molecule has 0 aromatic heterocycles. The number of halogens is 1. The Morgan fingerprint density at radius 2 is 2.00 bits per heavy atom. The van der Waals surface area contributed by atoms with E-state index in [0.29, 0.717) is 28.5 Å². The molecule has 2 aliphatic heterocycles. The van der Waals surface area contributed by atoms with Crippen LogP contribution in [0, 0.1) is 0 Å². The van der Waals surface area contributed by atoms with E-state index in [4.69, 9.17) is 21.1 Å². The third-order valence-corrected chi connectivity index (χ3v) is 5.73. The van der Waals surface area contributed by atoms with Gasteiger partial charge >= 0.3 is 0 Å². The van der Waals surface area contributed by atoms with Crippen molar-refractivity contribution in [2.75, 3.05) is 20.3 Å². The molecule has 0 saturated carbocycles. The Morgan fingerprint density at radius 3 is 2.63 bits per heavy atom. The number of ether oxygens (including phenoxy) is 2. The van der Waals surface area contributed by atoms with E-state index >= 15 is 0 Å². The van der Waals surface area contributed by atoms with Gasteiger partial charge in [-0.05, 0) is 54.8 Å². The van der Waals surface area contributed by atoms with Crippen molar-refractivity contribution in [1.29, 1.82) is 0 Å². The summed E-state index contributed by atoms with van der Waals surface area (Å²) in [5.41, 5.74) is 1.14. The van der Waals surface area contributed by atoms with Gasteiger partial charge in [-0.1, -0.05) is 23.7 Å². The molecular formula is C23H22ClNO5. The molecule has 2 fully saturated rings. The number of amides is 1. The molecule has 6 nitrogen and oxygen atoms in total. The predicted molar refractivity (Wildman–Crippen MR) is 112 cm³/mol. The van der Waals surface area contributed by atoms with Gasteiger partial charge in [0.2, 0.25) is 0 Å². The Balaban J connectivity index is 1.81. The van der Waals surface area contributed by atoms with Gasteiger partial charge in [-0.25, -0.2) is 0 Å². The van der Waals surface area contributed by atoms with Crippen molar-refractivity contribution in [2.24, 2.45) is 0 Å². The van der Waals surface area contributed by atoms with Crippen molar-refractivity contribution in [3.05, 3.63) is 70.3 Å². The van der Waals surface area contributed by atoms with Crippen LogP contribution >= 0.6 is 11.6 Å². The van der Waals surface area contributed by atoms with E-state index in [1.807, 2.05) is 0 Å². The molecule has 2 aliphatic rings. The molecule has 30 heavy (non-hydrogen) atoms. The highest BCUT2D eigenvalue weighted by molar-refractivity contribution is 6.46. The van der Waals surface area contributed by atoms with E-state index in [0.717, 1.165) is 12.8 Å². The van der Waals surface area contributed by atoms with Crippen molar-refractivity contribution < 1.29 is 24.2 Å². The molecule has 0 radical (unpaired) electrons. The number of carbonyl (C=O) groups is 2. The van der Waals surface area contributed by atoms with E-state index in [1.165, 1.54) is 4.90 Å². The topological polar surface area (TPSA) is 76.1 Å². The standard InChI is InChI=1S/C23H22ClNO5/c1-29-17-9-7-14(8-10-17)21(26)19-20(15-4-2-5-16(24)12-15)25(23(28)22(19)27)13-18-6-3-11-30-18/h2,4-5,7-10,12,18,20,26H,3,6,11,13H2,1H3/b21-19-. The number of benzene rings is 2. The Kier molecular flexibility index (Phi) is 5.79. The minimum atomic E-state index is -0.741. The summed E-state index contributed by atoms with van der Waals surface area (Å²) in [6.07, 6.45) is 1.61. The highest BCUT2D eigenvalue weighted by Gasteiger charge is 2.47. The molecule has 156 valence electrons. The Morgan fingerprint density at radius 1 is 1.23 bits per heavy atom. The first-order valence-corrected chi connectivity index (χ1v) is 10.2. The average Bonchev–Trinajstić information content (AvgIpc) is 3.36. The van der Waals surface area contributed by atoms with Crippen LogP contribution in [0.4, 0.5) is 0 Å². The monoisotopic (exact) mass is 427 g/mol. The fourth-order valence-electron chi connectivity index (χ4n) is 4.00. The molecule has 2 aromatic rings. The van der Waals surface area contributed by atoms with Crippen LogP contribution in [0.1, 0.15) is 30.0 Å². The lowest BCUT2D eigenvalue weighted by molar-refractivity contribution is -0.140. The van der Waals surface area contributed by atoms with Crippen LogP contribution in [-0.4, -0.2) is 48.1 Å². The van der Waals surface area contributed by atoms with E-state index in [9.17, 15) is 14.7 Å². The molecule has 4 rings (SSSR count). The second kappa shape index (κ2) is 8.50. The Bertz CT molecular complexity index is 995. The third-order valence-electron chi connectivity index (χ3n) is 5.49. The molecule has 2 heterocycles. The van der Waals surface area contributed by atoms with Crippen LogP contribution in [0.25, 0.3) is 5.76 Å². The fraction of sp³-hybridized carbons (Fsp3) is 0.304. The molecule has 2 aromatic carbocycles. The number of hydrogen-bond acceptors (Lipinski definition) is 5. The van der Waals surface area contributed by atoms with Crippen LogP contribution < -0.4 is 4.74 Å². The zero-order valence-corrected chi connectivity index (χ0v) is 17.3. The van der Waals surface area contributed by atoms with Gasteiger partial charge in [-0.15, -0.1) is 0 Å². The summed E-state index contributed by atoms with van der Waals surface area (Å²) in [7, 11) is 1.55. The number of likely N-dealkylation sites (tertiary alicyclic amines) is 1. The van der Waals surface area contributed by atoms with E-state index < -0.39 is 17.7 Å². The summed E-state index contributed by atoms with van der Waals surface area (Å²) >= 11 is 6.19. The van der Waals surface area contributed by atoms with E-state index in [-0.39, 0.29) is 24.0 Å². The highest BCUT2D eigenvalue weighted by Crippen LogP contribution is 2.40. The van der Waals surface area contributed by atoms with E-state index in [1.54, 1.807) is 55.6 Å². The normalized spacial score (nSPS) is 23.2. The number of aliphatic hydroxyl groups is 1. The lowest BCUT2D eigenvalue weighted by atomic mass is 9.95. The maximum absolute atomic E-state index is 13.0. The van der Waals surface area contributed by atoms with Gasteiger partial charge in [0.15, 0.2) is 0 Å². The van der Waals surface area contributed by atoms with Crippen LogP contribution in [0.5, 0.6) is 5.75 Å². The van der Waals surface area contributed by atoms with Crippen molar-refractivity contribution in [3.63, 3.8) is 0 Å². The third kappa shape index (κ3) is 3.80. The van der Waals surface area contributed by atoms with Gasteiger partial charge in [-0.2, -0.15) is 0 Å². The second-order valence-corrected chi connectivity index (χ2v) is 7.81. The first-order valence-electron chi connectivity index (χ1n) is 9.79. The molecular weight excluding hydrogens is 406 g/mol. The molecule has 0 aliphatic carbocycles. The number of carbonyl (C=O) groups excluding carboxylic acids is 2. The van der Waals surface area contributed by atoms with Gasteiger partial charge in [0.1, 0.15) is 11.5 Å². The molecule has 7 heteroatoms. The summed E-state index contributed by atoms with van der Waals surface area (Å²) in [5.74, 6) is -0.968. The molecule has 1 amide bonds. The molecule has 0 spiro atoms. The number of methoxy groups -OCH3 is 1. The van der Waals surface area contributed by atoms with Crippen LogP contribution in [0.2, 0.25) is 5.02 Å². The molecule has 2 unspecified atom stereocenters. The molecule has 2 atom stereocenters. The number of aliphatic hydroxyl groups excluding tert-OH is 1. The quantitative estimate of drug-likeness (QED) is 0.444.